The molecule has 2 aromatic carbocycles. The first-order valence-electron chi connectivity index (χ1n) is 11.9. The Bertz CT molecular complexity index is 1630. The van der Waals surface area contributed by atoms with Crippen molar-refractivity contribution < 1.29 is 18.5 Å². The van der Waals surface area contributed by atoms with Gasteiger partial charge in [0.05, 0.1) is 6.04 Å². The van der Waals surface area contributed by atoms with Crippen LogP contribution in [0.25, 0.3) is 11.4 Å². The SMILES string of the molecule is Cc1cc(CNC(=O)c2cc(C(=O)N[C@H]3CCc4c3ccc(-c3noc(=O)[nH]3)c4C)nc(N)n2)ccc1F. The second-order valence-electron chi connectivity index (χ2n) is 9.08. The minimum atomic E-state index is -0.632. The molecule has 0 saturated heterocycles. The topological polar surface area (TPSA) is 169 Å². The van der Waals surface area contributed by atoms with Crippen molar-refractivity contribution in [1.82, 2.24) is 30.7 Å². The van der Waals surface area contributed by atoms with Gasteiger partial charge in [0.15, 0.2) is 5.82 Å². The number of carbonyl (C=O) groups is 2. The van der Waals surface area contributed by atoms with Crippen LogP contribution in [0, 0.1) is 19.7 Å². The number of nitrogen functional groups attached to an aromatic ring is 1. The number of hydrogen-bond donors (Lipinski definition) is 4. The predicted molar refractivity (Wildman–Crippen MR) is 135 cm³/mol. The highest BCUT2D eigenvalue weighted by molar-refractivity contribution is 5.97. The number of carbonyl (C=O) groups excluding carboxylic acids is 2. The van der Waals surface area contributed by atoms with Crippen LogP contribution < -0.4 is 22.1 Å². The van der Waals surface area contributed by atoms with Gasteiger partial charge in [-0.25, -0.2) is 19.2 Å². The van der Waals surface area contributed by atoms with Crippen molar-refractivity contribution in [2.45, 2.75) is 39.3 Å². The van der Waals surface area contributed by atoms with Crippen molar-refractivity contribution >= 4 is 17.8 Å². The summed E-state index contributed by atoms with van der Waals surface area (Å²) in [4.78, 5) is 47.6. The smallest absolute Gasteiger partial charge is 0.368 e. The third kappa shape index (κ3) is 4.88. The highest BCUT2D eigenvalue weighted by Crippen LogP contribution is 2.37. The van der Waals surface area contributed by atoms with E-state index in [2.05, 4.69) is 35.3 Å². The van der Waals surface area contributed by atoms with E-state index in [1.54, 1.807) is 19.1 Å². The number of fused-ring (bicyclic) bond motifs is 1. The van der Waals surface area contributed by atoms with E-state index < -0.39 is 17.6 Å². The first-order chi connectivity index (χ1) is 18.2. The van der Waals surface area contributed by atoms with E-state index >= 15 is 0 Å². The van der Waals surface area contributed by atoms with Crippen molar-refractivity contribution in [3.63, 3.8) is 0 Å². The summed E-state index contributed by atoms with van der Waals surface area (Å²) in [7, 11) is 0. The van der Waals surface area contributed by atoms with E-state index in [0.717, 1.165) is 22.3 Å². The first-order valence-corrected chi connectivity index (χ1v) is 11.9. The van der Waals surface area contributed by atoms with Gasteiger partial charge in [-0.1, -0.05) is 29.4 Å². The third-order valence-corrected chi connectivity index (χ3v) is 6.58. The predicted octanol–water partition coefficient (Wildman–Crippen LogP) is 2.51. The molecule has 1 atom stereocenters. The van der Waals surface area contributed by atoms with E-state index in [1.165, 1.54) is 12.1 Å². The number of nitrogens with zero attached hydrogens (tertiary/aromatic N) is 3. The van der Waals surface area contributed by atoms with Gasteiger partial charge in [0.25, 0.3) is 11.8 Å². The van der Waals surface area contributed by atoms with Crippen molar-refractivity contribution in [1.29, 1.82) is 0 Å². The van der Waals surface area contributed by atoms with Gasteiger partial charge >= 0.3 is 5.76 Å². The zero-order valence-electron chi connectivity index (χ0n) is 20.6. The Morgan fingerprint density at radius 1 is 1.13 bits per heavy atom. The van der Waals surface area contributed by atoms with Crippen LogP contribution in [0.2, 0.25) is 0 Å². The van der Waals surface area contributed by atoms with Gasteiger partial charge in [-0.05, 0) is 60.6 Å². The molecule has 2 aromatic heterocycles. The van der Waals surface area contributed by atoms with Gasteiger partial charge in [-0.2, -0.15) is 0 Å². The quantitative estimate of drug-likeness (QED) is 0.302. The minimum Gasteiger partial charge on any atom is -0.368 e. The first kappa shape index (κ1) is 24.8. The molecule has 0 saturated carbocycles. The lowest BCUT2D eigenvalue weighted by Crippen LogP contribution is -2.30. The number of benzene rings is 2. The lowest BCUT2D eigenvalue weighted by atomic mass is 9.97. The number of hydrogen-bond acceptors (Lipinski definition) is 8. The van der Waals surface area contributed by atoms with Crippen LogP contribution in [0.5, 0.6) is 0 Å². The van der Waals surface area contributed by atoms with Gasteiger partial charge in [-0.3, -0.25) is 19.1 Å². The molecule has 5 rings (SSSR count). The molecular formula is C26H24FN7O4. The van der Waals surface area contributed by atoms with Crippen LogP contribution in [0.3, 0.4) is 0 Å². The Balaban J connectivity index is 1.30. The minimum absolute atomic E-state index is 0.0396. The lowest BCUT2D eigenvalue weighted by Gasteiger charge is -2.16. The molecule has 1 aliphatic carbocycles. The number of aromatic nitrogens is 4. The molecule has 2 amide bonds. The van der Waals surface area contributed by atoms with Crippen LogP contribution in [0.1, 0.15) is 61.3 Å². The summed E-state index contributed by atoms with van der Waals surface area (Å²) < 4.78 is 18.1. The van der Waals surface area contributed by atoms with Gasteiger partial charge < -0.3 is 16.4 Å². The molecule has 194 valence electrons. The molecule has 12 heteroatoms. The maximum Gasteiger partial charge on any atom is 0.439 e. The Labute approximate surface area is 215 Å². The van der Waals surface area contributed by atoms with E-state index in [-0.39, 0.29) is 35.7 Å². The van der Waals surface area contributed by atoms with E-state index in [4.69, 9.17) is 5.73 Å². The number of H-pyrrole nitrogens is 1. The molecule has 0 radical (unpaired) electrons. The summed E-state index contributed by atoms with van der Waals surface area (Å²) in [6.45, 7) is 3.71. The van der Waals surface area contributed by atoms with Crippen molar-refractivity contribution in [3.05, 3.63) is 92.0 Å². The fourth-order valence-electron chi connectivity index (χ4n) is 4.65. The molecule has 0 unspecified atom stereocenters. The Morgan fingerprint density at radius 2 is 1.89 bits per heavy atom. The fraction of sp³-hybridized carbons (Fsp3) is 0.231. The normalized spacial score (nSPS) is 14.2. The summed E-state index contributed by atoms with van der Waals surface area (Å²) in [5.74, 6) is -1.87. The van der Waals surface area contributed by atoms with E-state index in [1.807, 2.05) is 19.1 Å². The number of halogens is 1. The zero-order valence-corrected chi connectivity index (χ0v) is 20.6. The van der Waals surface area contributed by atoms with Crippen LogP contribution in [-0.4, -0.2) is 31.9 Å². The Kier molecular flexibility index (Phi) is 6.45. The second-order valence-corrected chi connectivity index (χ2v) is 9.08. The fourth-order valence-corrected chi connectivity index (χ4v) is 4.65. The third-order valence-electron chi connectivity index (χ3n) is 6.58. The molecule has 0 bridgehead atoms. The van der Waals surface area contributed by atoms with Crippen molar-refractivity contribution in [2.24, 2.45) is 0 Å². The standard InChI is InChI=1S/C26H24FN7O4/c1-12-9-14(3-7-18(12)27)11-29-23(35)20-10-21(32-25(28)31-20)24(36)30-19-8-6-15-13(2)16(4-5-17(15)19)22-33-26(37)38-34-22/h3-5,7,9-10,19H,6,8,11H2,1-2H3,(H,29,35)(H,30,36)(H2,28,31,32)(H,33,34,37)/t19-/m0/s1. The van der Waals surface area contributed by atoms with E-state index in [9.17, 15) is 18.8 Å². The Morgan fingerprint density at radius 3 is 2.61 bits per heavy atom. The summed E-state index contributed by atoms with van der Waals surface area (Å²) in [5, 5.41) is 9.42. The molecule has 1 aliphatic rings. The maximum absolute atomic E-state index is 13.5. The highest BCUT2D eigenvalue weighted by Gasteiger charge is 2.28. The number of anilines is 1. The van der Waals surface area contributed by atoms with Crippen LogP contribution in [-0.2, 0) is 13.0 Å². The molecular weight excluding hydrogens is 493 g/mol. The molecule has 38 heavy (non-hydrogen) atoms. The van der Waals surface area contributed by atoms with Gasteiger partial charge in [0.1, 0.15) is 17.2 Å². The summed E-state index contributed by atoms with van der Waals surface area (Å²) in [6, 6.07) is 9.25. The second kappa shape index (κ2) is 9.88. The van der Waals surface area contributed by atoms with Crippen LogP contribution in [0.4, 0.5) is 10.3 Å². The van der Waals surface area contributed by atoms with Gasteiger partial charge in [0, 0.05) is 18.2 Å². The summed E-state index contributed by atoms with van der Waals surface area (Å²) >= 11 is 0. The molecule has 11 nitrogen and oxygen atoms in total. The monoisotopic (exact) mass is 517 g/mol. The zero-order chi connectivity index (χ0) is 27.0. The van der Waals surface area contributed by atoms with Crippen LogP contribution >= 0.6 is 0 Å². The number of aromatic amines is 1. The van der Waals surface area contributed by atoms with Gasteiger partial charge in [0.2, 0.25) is 5.95 Å². The average Bonchev–Trinajstić information content (AvgIpc) is 3.51. The van der Waals surface area contributed by atoms with Crippen molar-refractivity contribution in [2.75, 3.05) is 5.73 Å². The van der Waals surface area contributed by atoms with Crippen LogP contribution in [0.15, 0.2) is 45.7 Å². The molecule has 5 N–H and O–H groups in total. The molecule has 0 fully saturated rings. The lowest BCUT2D eigenvalue weighted by molar-refractivity contribution is 0.0931. The van der Waals surface area contributed by atoms with Crippen molar-refractivity contribution in [3.8, 4) is 11.4 Å². The maximum atomic E-state index is 13.5. The molecule has 4 aromatic rings. The number of nitrogens with two attached hydrogens (primary N) is 1. The number of aryl methyl sites for hydroxylation is 1. The largest absolute Gasteiger partial charge is 0.439 e. The number of rotatable bonds is 6. The summed E-state index contributed by atoms with van der Waals surface area (Å²) in [6.07, 6.45) is 1.37. The molecule has 0 aliphatic heterocycles. The molecule has 0 spiro atoms. The highest BCUT2D eigenvalue weighted by atomic mass is 19.1. The Hall–Kier alpha value is -4.87. The summed E-state index contributed by atoms with van der Waals surface area (Å²) in [5.41, 5.74) is 10.6. The number of nitrogens with one attached hydrogen (secondary N) is 3. The van der Waals surface area contributed by atoms with Gasteiger partial charge in [-0.15, -0.1) is 0 Å². The number of amides is 2. The molecule has 2 heterocycles. The van der Waals surface area contributed by atoms with E-state index in [0.29, 0.717) is 29.8 Å². The average molecular weight is 518 g/mol.